The lowest BCUT2D eigenvalue weighted by atomic mass is 10.2. The van der Waals surface area contributed by atoms with E-state index in [-0.39, 0.29) is 24.2 Å². The first-order chi connectivity index (χ1) is 12.0. The Morgan fingerprint density at radius 3 is 2.64 bits per heavy atom. The fourth-order valence-electron chi connectivity index (χ4n) is 2.22. The number of benzene rings is 2. The summed E-state index contributed by atoms with van der Waals surface area (Å²) < 4.78 is 11.0. The zero-order valence-electron chi connectivity index (χ0n) is 14.0. The molecule has 1 aromatic heterocycles. The van der Waals surface area contributed by atoms with Crippen LogP contribution in [0.3, 0.4) is 0 Å². The van der Waals surface area contributed by atoms with Crippen molar-refractivity contribution < 1.29 is 18.7 Å². The Balaban J connectivity index is 1.68. The smallest absolute Gasteiger partial charge is 0.291 e. The minimum absolute atomic E-state index is 0.0615. The molecule has 2 amide bonds. The molecular formula is C19H18N2O4. The lowest BCUT2D eigenvalue weighted by Gasteiger charge is -2.12. The Bertz CT molecular complexity index is 881. The molecule has 0 spiro atoms. The number of nitrogens with zero attached hydrogens (tertiary/aromatic N) is 1. The summed E-state index contributed by atoms with van der Waals surface area (Å²) in [6.45, 7) is -0.0615. The number of furan rings is 1. The molecule has 128 valence electrons. The summed E-state index contributed by atoms with van der Waals surface area (Å²) in [6, 6.07) is 16.0. The Morgan fingerprint density at radius 2 is 1.88 bits per heavy atom. The molecule has 0 aliphatic rings. The van der Waals surface area contributed by atoms with Gasteiger partial charge in [0.15, 0.2) is 12.4 Å². The van der Waals surface area contributed by atoms with Crippen LogP contribution in [0.15, 0.2) is 59.0 Å². The highest BCUT2D eigenvalue weighted by molar-refractivity contribution is 6.04. The molecule has 3 rings (SSSR count). The quantitative estimate of drug-likeness (QED) is 0.776. The number of carbonyl (C=O) groups excluding carboxylic acids is 2. The predicted molar refractivity (Wildman–Crippen MR) is 94.8 cm³/mol. The molecule has 1 heterocycles. The van der Waals surface area contributed by atoms with Crippen molar-refractivity contribution in [3.05, 3.63) is 60.4 Å². The molecule has 0 aliphatic carbocycles. The Kier molecular flexibility index (Phi) is 4.70. The summed E-state index contributed by atoms with van der Waals surface area (Å²) in [7, 11) is 3.32. The number of nitrogens with one attached hydrogen (secondary N) is 1. The van der Waals surface area contributed by atoms with E-state index in [4.69, 9.17) is 9.15 Å². The van der Waals surface area contributed by atoms with E-state index in [1.54, 1.807) is 44.4 Å². The molecule has 0 saturated carbocycles. The Hall–Kier alpha value is -3.28. The van der Waals surface area contributed by atoms with Crippen molar-refractivity contribution in [1.82, 2.24) is 4.90 Å². The molecule has 0 unspecified atom stereocenters. The summed E-state index contributed by atoms with van der Waals surface area (Å²) in [6.07, 6.45) is 0. The van der Waals surface area contributed by atoms with Gasteiger partial charge in [0.2, 0.25) is 0 Å². The number of carbonyl (C=O) groups is 2. The standard InChI is InChI=1S/C19H18N2O4/c1-21(2)18(22)12-24-15-8-5-7-14(11-15)20-19(23)17-10-13-6-3-4-9-16(13)25-17/h3-11H,12H2,1-2H3,(H,20,23). The number of fused-ring (bicyclic) bond motifs is 1. The number of likely N-dealkylation sites (N-methyl/N-ethyl adjacent to an activating group) is 1. The predicted octanol–water partition coefficient (Wildman–Crippen LogP) is 3.15. The summed E-state index contributed by atoms with van der Waals surface area (Å²) in [5.41, 5.74) is 1.21. The molecule has 0 fully saturated rings. The third-order valence-electron chi connectivity index (χ3n) is 3.60. The number of hydrogen-bond acceptors (Lipinski definition) is 4. The average molecular weight is 338 g/mol. The van der Waals surface area contributed by atoms with Crippen molar-refractivity contribution in [2.75, 3.05) is 26.0 Å². The van der Waals surface area contributed by atoms with Crippen LogP contribution in [0.25, 0.3) is 11.0 Å². The number of para-hydroxylation sites is 1. The van der Waals surface area contributed by atoms with Gasteiger partial charge in [-0.05, 0) is 24.3 Å². The molecular weight excluding hydrogens is 320 g/mol. The van der Waals surface area contributed by atoms with E-state index < -0.39 is 0 Å². The van der Waals surface area contributed by atoms with Gasteiger partial charge in [-0.1, -0.05) is 24.3 Å². The van der Waals surface area contributed by atoms with Gasteiger partial charge in [-0.15, -0.1) is 0 Å². The minimum Gasteiger partial charge on any atom is -0.484 e. The van der Waals surface area contributed by atoms with Gasteiger partial charge in [0.25, 0.3) is 11.8 Å². The number of ether oxygens (including phenoxy) is 1. The van der Waals surface area contributed by atoms with Crippen LogP contribution >= 0.6 is 0 Å². The van der Waals surface area contributed by atoms with Crippen molar-refractivity contribution in [3.8, 4) is 5.75 Å². The second-order valence-electron chi connectivity index (χ2n) is 5.71. The highest BCUT2D eigenvalue weighted by Crippen LogP contribution is 2.21. The first-order valence-corrected chi connectivity index (χ1v) is 7.76. The molecule has 0 aliphatic heterocycles. The van der Waals surface area contributed by atoms with Crippen LogP contribution in [0, 0.1) is 0 Å². The van der Waals surface area contributed by atoms with Crippen LogP contribution in [0.2, 0.25) is 0 Å². The zero-order valence-corrected chi connectivity index (χ0v) is 14.0. The van der Waals surface area contributed by atoms with Crippen LogP contribution < -0.4 is 10.1 Å². The van der Waals surface area contributed by atoms with Gasteiger partial charge in [-0.2, -0.15) is 0 Å². The SMILES string of the molecule is CN(C)C(=O)COc1cccc(NC(=O)c2cc3ccccc3o2)c1. The third-order valence-corrected chi connectivity index (χ3v) is 3.60. The molecule has 3 aromatic rings. The zero-order chi connectivity index (χ0) is 17.8. The van der Waals surface area contributed by atoms with Crippen LogP contribution in [-0.2, 0) is 4.79 Å². The molecule has 6 heteroatoms. The molecule has 6 nitrogen and oxygen atoms in total. The van der Waals surface area contributed by atoms with Crippen molar-refractivity contribution in [2.24, 2.45) is 0 Å². The number of hydrogen-bond donors (Lipinski definition) is 1. The molecule has 1 N–H and O–H groups in total. The second-order valence-corrected chi connectivity index (χ2v) is 5.71. The number of amides is 2. The van der Waals surface area contributed by atoms with Crippen molar-refractivity contribution >= 4 is 28.5 Å². The van der Waals surface area contributed by atoms with Gasteiger partial charge < -0.3 is 19.4 Å². The number of rotatable bonds is 5. The first-order valence-electron chi connectivity index (χ1n) is 7.76. The number of anilines is 1. The molecule has 0 atom stereocenters. The lowest BCUT2D eigenvalue weighted by Crippen LogP contribution is -2.27. The fraction of sp³-hybridized carbons (Fsp3) is 0.158. The summed E-state index contributed by atoms with van der Waals surface area (Å²) >= 11 is 0. The van der Waals surface area contributed by atoms with E-state index in [9.17, 15) is 9.59 Å². The minimum atomic E-state index is -0.349. The van der Waals surface area contributed by atoms with Gasteiger partial charge >= 0.3 is 0 Å². The second kappa shape index (κ2) is 7.09. The van der Waals surface area contributed by atoms with Crippen LogP contribution in [0.1, 0.15) is 10.6 Å². The maximum Gasteiger partial charge on any atom is 0.291 e. The Labute approximate surface area is 145 Å². The maximum atomic E-state index is 12.3. The van der Waals surface area contributed by atoms with E-state index in [0.717, 1.165) is 5.39 Å². The van der Waals surface area contributed by atoms with Gasteiger partial charge in [-0.3, -0.25) is 9.59 Å². The van der Waals surface area contributed by atoms with Crippen molar-refractivity contribution in [1.29, 1.82) is 0 Å². The monoisotopic (exact) mass is 338 g/mol. The highest BCUT2D eigenvalue weighted by atomic mass is 16.5. The summed E-state index contributed by atoms with van der Waals surface area (Å²) in [4.78, 5) is 25.4. The Morgan fingerprint density at radius 1 is 1.08 bits per heavy atom. The van der Waals surface area contributed by atoms with Crippen molar-refractivity contribution in [3.63, 3.8) is 0 Å². The van der Waals surface area contributed by atoms with Crippen LogP contribution in [-0.4, -0.2) is 37.4 Å². The van der Waals surface area contributed by atoms with E-state index in [2.05, 4.69) is 5.32 Å². The maximum absolute atomic E-state index is 12.3. The highest BCUT2D eigenvalue weighted by Gasteiger charge is 2.13. The molecule has 0 bridgehead atoms. The van der Waals surface area contributed by atoms with Gasteiger partial charge in [-0.25, -0.2) is 0 Å². The topological polar surface area (TPSA) is 71.8 Å². The molecule has 0 radical (unpaired) electrons. The lowest BCUT2D eigenvalue weighted by molar-refractivity contribution is -0.130. The third kappa shape index (κ3) is 3.98. The fourth-order valence-corrected chi connectivity index (χ4v) is 2.22. The normalized spacial score (nSPS) is 10.5. The van der Waals surface area contributed by atoms with Crippen LogP contribution in [0.5, 0.6) is 5.75 Å². The molecule has 25 heavy (non-hydrogen) atoms. The van der Waals surface area contributed by atoms with E-state index >= 15 is 0 Å². The van der Waals surface area contributed by atoms with Crippen molar-refractivity contribution in [2.45, 2.75) is 0 Å². The summed E-state index contributed by atoms with van der Waals surface area (Å²) in [5.74, 6) is 0.238. The largest absolute Gasteiger partial charge is 0.484 e. The molecule has 0 saturated heterocycles. The van der Waals surface area contributed by atoms with E-state index in [1.807, 2.05) is 24.3 Å². The average Bonchev–Trinajstić information content (AvgIpc) is 3.04. The van der Waals surface area contributed by atoms with Crippen LogP contribution in [0.4, 0.5) is 5.69 Å². The van der Waals surface area contributed by atoms with Gasteiger partial charge in [0, 0.05) is 31.2 Å². The van der Waals surface area contributed by atoms with Gasteiger partial charge in [0.1, 0.15) is 11.3 Å². The molecule has 2 aromatic carbocycles. The van der Waals surface area contributed by atoms with E-state index in [0.29, 0.717) is 17.0 Å². The first kappa shape index (κ1) is 16.6. The van der Waals surface area contributed by atoms with E-state index in [1.165, 1.54) is 4.90 Å². The summed E-state index contributed by atoms with van der Waals surface area (Å²) in [5, 5.41) is 3.63. The van der Waals surface area contributed by atoms with Gasteiger partial charge in [0.05, 0.1) is 0 Å².